The smallest absolute Gasteiger partial charge is 0.405 e. The van der Waals surface area contributed by atoms with Crippen molar-refractivity contribution in [3.8, 4) is 5.75 Å². The molecule has 3 amide bonds. The third kappa shape index (κ3) is 4.93. The highest BCUT2D eigenvalue weighted by Crippen LogP contribution is 2.38. The van der Waals surface area contributed by atoms with Gasteiger partial charge in [-0.15, -0.1) is 0 Å². The molecule has 2 aromatic carbocycles. The third-order valence-electron chi connectivity index (χ3n) is 6.16. The number of nitrogens with zero attached hydrogens (tertiary/aromatic N) is 3. The lowest BCUT2D eigenvalue weighted by Gasteiger charge is -2.40. The van der Waals surface area contributed by atoms with Crippen molar-refractivity contribution >= 4 is 23.6 Å². The van der Waals surface area contributed by atoms with Crippen LogP contribution in [0.15, 0.2) is 53.6 Å². The monoisotopic (exact) mass is 486 g/mol. The molecule has 0 aromatic heterocycles. The first-order valence-corrected chi connectivity index (χ1v) is 11.0. The average Bonchev–Trinajstić information content (AvgIpc) is 3.06. The van der Waals surface area contributed by atoms with Crippen molar-refractivity contribution in [2.75, 3.05) is 26.7 Å². The van der Waals surface area contributed by atoms with Crippen LogP contribution >= 0.6 is 0 Å². The molecule has 2 heterocycles. The molecule has 0 bridgehead atoms. The Morgan fingerprint density at radius 1 is 1.23 bits per heavy atom. The molecule has 35 heavy (non-hydrogen) atoms. The Hall–Kier alpha value is -4.02. The van der Waals surface area contributed by atoms with E-state index in [2.05, 4.69) is 10.4 Å². The number of fused-ring (bicyclic) bond motifs is 1. The molecule has 184 valence electrons. The average molecular weight is 486 g/mol. The van der Waals surface area contributed by atoms with E-state index in [4.69, 9.17) is 4.74 Å². The minimum atomic E-state index is -1.47. The highest BCUT2D eigenvalue weighted by Gasteiger charge is 2.53. The zero-order chi connectivity index (χ0) is 25.2. The number of amides is 3. The summed E-state index contributed by atoms with van der Waals surface area (Å²) in [5, 5.41) is 17.0. The highest BCUT2D eigenvalue weighted by molar-refractivity contribution is 6.13. The van der Waals surface area contributed by atoms with Gasteiger partial charge >= 0.3 is 6.09 Å². The molecule has 1 fully saturated rings. The van der Waals surface area contributed by atoms with Gasteiger partial charge in [-0.3, -0.25) is 9.59 Å². The Kier molecular flexibility index (Phi) is 6.68. The normalized spacial score (nSPS) is 20.2. The van der Waals surface area contributed by atoms with Crippen LogP contribution in [0.4, 0.5) is 13.6 Å². The molecule has 11 heteroatoms. The molecule has 0 spiro atoms. The second kappa shape index (κ2) is 9.69. The topological polar surface area (TPSA) is 112 Å². The summed E-state index contributed by atoms with van der Waals surface area (Å²) in [6, 6.07) is 10.6. The second-order valence-electron chi connectivity index (χ2n) is 8.52. The summed E-state index contributed by atoms with van der Waals surface area (Å²) in [6.45, 7) is -0.297. The van der Waals surface area contributed by atoms with Crippen LogP contribution in [0, 0.1) is 17.0 Å². The summed E-state index contributed by atoms with van der Waals surface area (Å²) < 4.78 is 32.4. The number of piperidine rings is 1. The summed E-state index contributed by atoms with van der Waals surface area (Å²) in [5.74, 6) is -2.97. The number of rotatable bonds is 7. The summed E-state index contributed by atoms with van der Waals surface area (Å²) >= 11 is 0. The Labute approximate surface area is 200 Å². The molecular formula is C24H24F2N4O5. The predicted molar refractivity (Wildman–Crippen MR) is 121 cm³/mol. The molecule has 2 unspecified atom stereocenters. The number of hydrogen-bond donors (Lipinski definition) is 2. The van der Waals surface area contributed by atoms with Crippen LogP contribution in [0.2, 0.25) is 0 Å². The number of halogens is 2. The summed E-state index contributed by atoms with van der Waals surface area (Å²) in [6.07, 6.45) is -0.808. The lowest BCUT2D eigenvalue weighted by atomic mass is 9.73. The summed E-state index contributed by atoms with van der Waals surface area (Å²) in [5.41, 5.74) is 0.501. The van der Waals surface area contributed by atoms with Gasteiger partial charge in [-0.25, -0.2) is 18.6 Å². The van der Waals surface area contributed by atoms with Crippen molar-refractivity contribution in [3.05, 3.63) is 65.7 Å². The van der Waals surface area contributed by atoms with Gasteiger partial charge in [0.15, 0.2) is 11.6 Å². The molecule has 1 saturated heterocycles. The van der Waals surface area contributed by atoms with Gasteiger partial charge < -0.3 is 20.1 Å². The molecule has 2 atom stereocenters. The van der Waals surface area contributed by atoms with Crippen molar-refractivity contribution < 1.29 is 33.0 Å². The van der Waals surface area contributed by atoms with Crippen LogP contribution < -0.4 is 10.1 Å². The fourth-order valence-corrected chi connectivity index (χ4v) is 4.52. The molecule has 2 aliphatic rings. The maximum absolute atomic E-state index is 14.0. The van der Waals surface area contributed by atoms with Crippen LogP contribution in [-0.4, -0.2) is 71.4 Å². The van der Waals surface area contributed by atoms with E-state index < -0.39 is 41.7 Å². The third-order valence-corrected chi connectivity index (χ3v) is 6.16. The number of benzene rings is 2. The van der Waals surface area contributed by atoms with Crippen LogP contribution in [0.3, 0.4) is 0 Å². The van der Waals surface area contributed by atoms with E-state index in [0.29, 0.717) is 24.6 Å². The molecule has 0 aliphatic carbocycles. The number of ether oxygens (including phenoxy) is 1. The number of carboxylic acid groups (broad SMARTS) is 1. The van der Waals surface area contributed by atoms with E-state index >= 15 is 0 Å². The Bertz CT molecular complexity index is 1180. The van der Waals surface area contributed by atoms with Crippen LogP contribution in [0.1, 0.15) is 12.0 Å². The standard InChI is InChI=1S/C24H24F2N4O5/c1-29-22(32)24(12-15-5-3-2-4-6-15)14-30(10-9-20(24)28-29)21(31)18(27-23(33)34)13-35-19-8-7-16(25)11-17(19)26/h2-8,11,18,27H,9-10,12-14H2,1H3,(H,33,34). The summed E-state index contributed by atoms with van der Waals surface area (Å²) in [4.78, 5) is 39.4. The molecule has 0 radical (unpaired) electrons. The van der Waals surface area contributed by atoms with Gasteiger partial charge in [0.25, 0.3) is 5.91 Å². The van der Waals surface area contributed by atoms with Gasteiger partial charge in [-0.1, -0.05) is 30.3 Å². The number of carbonyl (C=O) groups excluding carboxylic acids is 2. The number of carbonyl (C=O) groups is 3. The fourth-order valence-electron chi connectivity index (χ4n) is 4.52. The first-order valence-electron chi connectivity index (χ1n) is 11.0. The maximum atomic E-state index is 14.0. The lowest BCUT2D eigenvalue weighted by Crippen LogP contribution is -2.59. The number of hydrogen-bond acceptors (Lipinski definition) is 5. The zero-order valence-corrected chi connectivity index (χ0v) is 18.9. The first kappa shape index (κ1) is 24.1. The highest BCUT2D eigenvalue weighted by atomic mass is 19.1. The zero-order valence-electron chi connectivity index (χ0n) is 18.9. The minimum absolute atomic E-state index is 0.00540. The largest absolute Gasteiger partial charge is 0.488 e. The minimum Gasteiger partial charge on any atom is -0.488 e. The van der Waals surface area contributed by atoms with E-state index in [1.54, 1.807) is 7.05 Å². The van der Waals surface area contributed by atoms with E-state index in [-0.39, 0.29) is 24.7 Å². The van der Waals surface area contributed by atoms with Gasteiger partial charge in [0.1, 0.15) is 23.9 Å². The predicted octanol–water partition coefficient (Wildman–Crippen LogP) is 2.27. The van der Waals surface area contributed by atoms with Gasteiger partial charge in [-0.05, 0) is 24.1 Å². The maximum Gasteiger partial charge on any atom is 0.405 e. The summed E-state index contributed by atoms with van der Waals surface area (Å²) in [7, 11) is 1.56. The first-order chi connectivity index (χ1) is 16.7. The second-order valence-corrected chi connectivity index (χ2v) is 8.52. The molecule has 2 aliphatic heterocycles. The van der Waals surface area contributed by atoms with Crippen LogP contribution in [0.25, 0.3) is 0 Å². The molecule has 4 rings (SSSR count). The van der Waals surface area contributed by atoms with E-state index in [0.717, 1.165) is 17.7 Å². The van der Waals surface area contributed by atoms with Crippen molar-refractivity contribution in [1.29, 1.82) is 0 Å². The van der Waals surface area contributed by atoms with Gasteiger partial charge in [0.2, 0.25) is 5.91 Å². The number of likely N-dealkylation sites (tertiary alicyclic amines) is 1. The van der Waals surface area contributed by atoms with Crippen LogP contribution in [0.5, 0.6) is 5.75 Å². The van der Waals surface area contributed by atoms with Crippen molar-refractivity contribution in [1.82, 2.24) is 15.2 Å². The van der Waals surface area contributed by atoms with E-state index in [1.807, 2.05) is 30.3 Å². The Morgan fingerprint density at radius 2 is 1.97 bits per heavy atom. The molecule has 0 saturated carbocycles. The van der Waals surface area contributed by atoms with E-state index in [1.165, 1.54) is 9.91 Å². The molecule has 2 aromatic rings. The lowest BCUT2D eigenvalue weighted by molar-refractivity contribution is -0.141. The Morgan fingerprint density at radius 3 is 2.66 bits per heavy atom. The van der Waals surface area contributed by atoms with E-state index in [9.17, 15) is 28.3 Å². The molecule has 2 N–H and O–H groups in total. The fraction of sp³-hybridized carbons (Fsp3) is 0.333. The van der Waals surface area contributed by atoms with Crippen LogP contribution in [-0.2, 0) is 16.0 Å². The van der Waals surface area contributed by atoms with Crippen molar-refractivity contribution in [2.24, 2.45) is 10.5 Å². The number of hydrazone groups is 1. The van der Waals surface area contributed by atoms with Gasteiger partial charge in [-0.2, -0.15) is 5.10 Å². The van der Waals surface area contributed by atoms with Gasteiger partial charge in [0.05, 0.1) is 5.71 Å². The molecule has 9 nitrogen and oxygen atoms in total. The van der Waals surface area contributed by atoms with Crippen molar-refractivity contribution in [3.63, 3.8) is 0 Å². The van der Waals surface area contributed by atoms with Gasteiger partial charge in [0, 0.05) is 32.6 Å². The number of nitrogens with one attached hydrogen (secondary N) is 1. The SMILES string of the molecule is CN1N=C2CCN(C(=O)C(COc3ccc(F)cc3F)NC(=O)O)CC2(Cc2ccccc2)C1=O. The molecular weight excluding hydrogens is 462 g/mol. The van der Waals surface area contributed by atoms with Crippen molar-refractivity contribution in [2.45, 2.75) is 18.9 Å². The quantitative estimate of drug-likeness (QED) is 0.624. The Balaban J connectivity index is 1.55.